The SMILES string of the molecule is C=CCNC(=O)c1ccc2c(c1OC)-c1ccc3c(c1=C([C@@H]1C=CCC1)O2)=CC(C)=C(C)N3C. The van der Waals surface area contributed by atoms with Crippen LogP contribution in [0, 0.1) is 5.92 Å². The Labute approximate surface area is 200 Å². The Balaban J connectivity index is 1.84. The molecular formula is C29H30N2O3. The summed E-state index contributed by atoms with van der Waals surface area (Å²) in [6.07, 6.45) is 10.5. The Morgan fingerprint density at radius 1 is 1.29 bits per heavy atom. The van der Waals surface area contributed by atoms with Crippen molar-refractivity contribution in [3.63, 3.8) is 0 Å². The number of nitrogens with zero attached hydrogens (tertiary/aromatic N) is 1. The lowest BCUT2D eigenvalue weighted by Gasteiger charge is -2.30. The van der Waals surface area contributed by atoms with Gasteiger partial charge in [0.05, 0.1) is 18.2 Å². The van der Waals surface area contributed by atoms with Gasteiger partial charge < -0.3 is 19.7 Å². The van der Waals surface area contributed by atoms with Gasteiger partial charge in [-0.05, 0) is 56.5 Å². The molecule has 0 saturated carbocycles. The first-order valence-corrected chi connectivity index (χ1v) is 11.7. The van der Waals surface area contributed by atoms with E-state index in [9.17, 15) is 4.79 Å². The summed E-state index contributed by atoms with van der Waals surface area (Å²) in [5.74, 6) is 2.22. The smallest absolute Gasteiger partial charge is 0.255 e. The van der Waals surface area contributed by atoms with Crippen LogP contribution in [0.3, 0.4) is 0 Å². The molecule has 0 radical (unpaired) electrons. The molecule has 0 unspecified atom stereocenters. The topological polar surface area (TPSA) is 50.8 Å². The van der Waals surface area contributed by atoms with E-state index in [4.69, 9.17) is 9.47 Å². The maximum Gasteiger partial charge on any atom is 0.255 e. The molecule has 2 heterocycles. The number of carbonyl (C=O) groups excluding carboxylic acids is 1. The van der Waals surface area contributed by atoms with E-state index in [-0.39, 0.29) is 11.8 Å². The zero-order valence-corrected chi connectivity index (χ0v) is 20.2. The quantitative estimate of drug-likeness (QED) is 0.686. The predicted molar refractivity (Wildman–Crippen MR) is 137 cm³/mol. The summed E-state index contributed by atoms with van der Waals surface area (Å²) >= 11 is 0. The van der Waals surface area contributed by atoms with Gasteiger partial charge in [-0.15, -0.1) is 6.58 Å². The lowest BCUT2D eigenvalue weighted by Crippen LogP contribution is -2.40. The molecule has 5 heteroatoms. The molecule has 0 saturated heterocycles. The van der Waals surface area contributed by atoms with E-state index in [0.29, 0.717) is 23.6 Å². The fourth-order valence-electron chi connectivity index (χ4n) is 5.12. The summed E-state index contributed by atoms with van der Waals surface area (Å²) in [5, 5.41) is 5.09. The van der Waals surface area contributed by atoms with Gasteiger partial charge in [0.2, 0.25) is 0 Å². The largest absolute Gasteiger partial charge is 0.495 e. The molecule has 5 rings (SSSR count). The molecular weight excluding hydrogens is 424 g/mol. The third-order valence-corrected chi connectivity index (χ3v) is 7.08. The molecule has 3 aliphatic rings. The van der Waals surface area contributed by atoms with Crippen molar-refractivity contribution in [1.82, 2.24) is 5.32 Å². The molecule has 0 aromatic heterocycles. The van der Waals surface area contributed by atoms with Gasteiger partial charge in [0, 0.05) is 46.9 Å². The van der Waals surface area contributed by atoms with Gasteiger partial charge in [-0.25, -0.2) is 0 Å². The Morgan fingerprint density at radius 2 is 2.12 bits per heavy atom. The van der Waals surface area contributed by atoms with Crippen molar-refractivity contribution in [1.29, 1.82) is 0 Å². The van der Waals surface area contributed by atoms with E-state index in [0.717, 1.165) is 45.9 Å². The van der Waals surface area contributed by atoms with Crippen molar-refractivity contribution >= 4 is 23.4 Å². The first kappa shape index (κ1) is 22.1. The van der Waals surface area contributed by atoms with Crippen LogP contribution in [-0.2, 0) is 0 Å². The highest BCUT2D eigenvalue weighted by Gasteiger charge is 2.31. The van der Waals surface area contributed by atoms with Gasteiger partial charge in [0.15, 0.2) is 0 Å². The van der Waals surface area contributed by atoms with Crippen LogP contribution in [0.4, 0.5) is 5.69 Å². The Hall–Kier alpha value is -3.73. The number of benzene rings is 2. The maximum atomic E-state index is 12.9. The van der Waals surface area contributed by atoms with Crippen LogP contribution in [0.25, 0.3) is 23.0 Å². The van der Waals surface area contributed by atoms with Gasteiger partial charge in [0.1, 0.15) is 17.3 Å². The molecule has 0 bridgehead atoms. The number of ether oxygens (including phenoxy) is 2. The van der Waals surface area contributed by atoms with Gasteiger partial charge in [-0.2, -0.15) is 0 Å². The minimum Gasteiger partial charge on any atom is -0.495 e. The van der Waals surface area contributed by atoms with Crippen LogP contribution in [-0.4, -0.2) is 26.6 Å². The highest BCUT2D eigenvalue weighted by atomic mass is 16.5. The van der Waals surface area contributed by atoms with Crippen LogP contribution >= 0.6 is 0 Å². The number of carbonyl (C=O) groups is 1. The molecule has 34 heavy (non-hydrogen) atoms. The molecule has 0 spiro atoms. The van der Waals surface area contributed by atoms with Gasteiger partial charge in [-0.3, -0.25) is 4.79 Å². The number of hydrogen-bond donors (Lipinski definition) is 1. The Kier molecular flexibility index (Phi) is 5.56. The average molecular weight is 455 g/mol. The molecule has 1 amide bonds. The molecule has 1 atom stereocenters. The molecule has 2 aromatic rings. The average Bonchev–Trinajstić information content (AvgIpc) is 3.39. The van der Waals surface area contributed by atoms with E-state index in [2.05, 4.69) is 68.1 Å². The van der Waals surface area contributed by atoms with Gasteiger partial charge in [-0.1, -0.05) is 24.3 Å². The molecule has 174 valence electrons. The lowest BCUT2D eigenvalue weighted by molar-refractivity contribution is 0.0955. The van der Waals surface area contributed by atoms with Crippen molar-refractivity contribution in [2.45, 2.75) is 26.7 Å². The summed E-state index contributed by atoms with van der Waals surface area (Å²) in [7, 11) is 3.71. The summed E-state index contributed by atoms with van der Waals surface area (Å²) in [4.78, 5) is 15.1. The van der Waals surface area contributed by atoms with Crippen LogP contribution in [0.2, 0.25) is 0 Å². The van der Waals surface area contributed by atoms with Crippen LogP contribution in [0.15, 0.2) is 60.3 Å². The first-order valence-electron chi connectivity index (χ1n) is 11.7. The highest BCUT2D eigenvalue weighted by Crippen LogP contribution is 2.44. The number of anilines is 1. The zero-order chi connectivity index (χ0) is 24.0. The van der Waals surface area contributed by atoms with Crippen LogP contribution in [0.1, 0.15) is 37.0 Å². The minimum absolute atomic E-state index is 0.201. The van der Waals surface area contributed by atoms with Crippen molar-refractivity contribution in [2.24, 2.45) is 5.92 Å². The van der Waals surface area contributed by atoms with Crippen molar-refractivity contribution in [3.05, 3.63) is 76.3 Å². The van der Waals surface area contributed by atoms with Crippen LogP contribution in [0.5, 0.6) is 11.5 Å². The lowest BCUT2D eigenvalue weighted by atomic mass is 9.89. The van der Waals surface area contributed by atoms with Crippen molar-refractivity contribution in [2.75, 3.05) is 25.6 Å². The standard InChI is InChI=1S/C29H30N2O3/c1-6-15-30-29(32)21-12-14-24-26(28(21)33-5)20-11-13-23-22(16-17(2)18(3)31(23)4)25(20)27(34-24)19-9-7-8-10-19/h6-7,9,11-14,16,19H,1,8,10,15H2,2-5H3,(H,30,32)/t19-/m1/s1. The van der Waals surface area contributed by atoms with Crippen LogP contribution < -0.4 is 30.1 Å². The number of allylic oxidation sites excluding steroid dienone is 3. The molecule has 1 N–H and O–H groups in total. The van der Waals surface area contributed by atoms with E-state index >= 15 is 0 Å². The number of nitrogens with one attached hydrogen (secondary N) is 1. The normalized spacial score (nSPS) is 17.9. The second kappa shape index (κ2) is 8.56. The second-order valence-corrected chi connectivity index (χ2v) is 8.99. The first-order chi connectivity index (χ1) is 16.5. The number of hydrogen-bond acceptors (Lipinski definition) is 4. The number of methoxy groups -OCH3 is 1. The fraction of sp³-hybridized carbons (Fsp3) is 0.276. The molecule has 2 aliphatic heterocycles. The summed E-state index contributed by atoms with van der Waals surface area (Å²) < 4.78 is 12.5. The van der Waals surface area contributed by atoms with Gasteiger partial charge >= 0.3 is 0 Å². The predicted octanol–water partition coefficient (Wildman–Crippen LogP) is 4.27. The Bertz CT molecular complexity index is 1400. The van der Waals surface area contributed by atoms with Gasteiger partial charge in [0.25, 0.3) is 5.91 Å². The third-order valence-electron chi connectivity index (χ3n) is 7.08. The number of fused-ring (bicyclic) bond motifs is 5. The van der Waals surface area contributed by atoms with Crippen molar-refractivity contribution in [3.8, 4) is 22.6 Å². The minimum atomic E-state index is -0.201. The molecule has 1 aliphatic carbocycles. The zero-order valence-electron chi connectivity index (χ0n) is 20.2. The molecule has 5 nitrogen and oxygen atoms in total. The summed E-state index contributed by atoms with van der Waals surface area (Å²) in [6.45, 7) is 8.36. The van der Waals surface area contributed by atoms with E-state index in [1.54, 1.807) is 19.3 Å². The molecule has 2 aromatic carbocycles. The third kappa shape index (κ3) is 3.35. The number of amides is 1. The summed E-state index contributed by atoms with van der Waals surface area (Å²) in [6, 6.07) is 7.95. The van der Waals surface area contributed by atoms with Crippen molar-refractivity contribution < 1.29 is 14.3 Å². The van der Waals surface area contributed by atoms with E-state index in [1.165, 1.54) is 11.3 Å². The fourth-order valence-corrected chi connectivity index (χ4v) is 5.12. The second-order valence-electron chi connectivity index (χ2n) is 8.99. The van der Waals surface area contributed by atoms with E-state index < -0.39 is 0 Å². The monoisotopic (exact) mass is 454 g/mol. The summed E-state index contributed by atoms with van der Waals surface area (Å²) in [5.41, 5.74) is 5.92. The molecule has 0 fully saturated rings. The Morgan fingerprint density at radius 3 is 2.82 bits per heavy atom. The number of rotatable bonds is 5. The van der Waals surface area contributed by atoms with E-state index in [1.807, 2.05) is 6.07 Å². The maximum absolute atomic E-state index is 12.9. The highest BCUT2D eigenvalue weighted by molar-refractivity contribution is 6.01.